The predicted octanol–water partition coefficient (Wildman–Crippen LogP) is 3.56. The second-order valence-corrected chi connectivity index (χ2v) is 8.88. The van der Waals surface area contributed by atoms with Crippen LogP contribution in [0.1, 0.15) is 19.3 Å². The summed E-state index contributed by atoms with van der Waals surface area (Å²) in [7, 11) is -2.52. The second kappa shape index (κ2) is 8.84. The molecule has 0 N–H and O–H groups in total. The fourth-order valence-electron chi connectivity index (χ4n) is 3.24. The van der Waals surface area contributed by atoms with Crippen LogP contribution in [-0.4, -0.2) is 46.0 Å². The van der Waals surface area contributed by atoms with E-state index < -0.39 is 10.0 Å². The number of ether oxygens (including phenoxy) is 1. The summed E-state index contributed by atoms with van der Waals surface area (Å²) in [6, 6.07) is 12.7. The van der Waals surface area contributed by atoms with Crippen LogP contribution in [0.2, 0.25) is 5.02 Å². The van der Waals surface area contributed by atoms with E-state index in [0.717, 1.165) is 23.6 Å². The minimum atomic E-state index is -3.99. The third kappa shape index (κ3) is 4.42. The van der Waals surface area contributed by atoms with Crippen molar-refractivity contribution in [2.45, 2.75) is 24.2 Å². The minimum Gasteiger partial charge on any atom is -0.495 e. The molecule has 1 amide bonds. The van der Waals surface area contributed by atoms with E-state index >= 15 is 0 Å². The van der Waals surface area contributed by atoms with E-state index in [4.69, 9.17) is 16.3 Å². The molecule has 2 aromatic carbocycles. The highest BCUT2D eigenvalue weighted by Crippen LogP contribution is 2.32. The van der Waals surface area contributed by atoms with Gasteiger partial charge in [-0.25, -0.2) is 8.42 Å². The summed E-state index contributed by atoms with van der Waals surface area (Å²) in [6.45, 7) is 1.02. The van der Waals surface area contributed by atoms with Crippen molar-refractivity contribution in [2.24, 2.45) is 0 Å². The van der Waals surface area contributed by atoms with Gasteiger partial charge in [-0.05, 0) is 55.7 Å². The Morgan fingerprint density at radius 2 is 1.71 bits per heavy atom. The van der Waals surface area contributed by atoms with Crippen LogP contribution >= 0.6 is 11.6 Å². The number of halogens is 1. The lowest BCUT2D eigenvalue weighted by Crippen LogP contribution is -2.45. The van der Waals surface area contributed by atoms with E-state index in [1.54, 1.807) is 29.2 Å². The zero-order valence-corrected chi connectivity index (χ0v) is 17.2. The van der Waals surface area contributed by atoms with E-state index in [9.17, 15) is 13.2 Å². The number of methoxy groups -OCH3 is 1. The highest BCUT2D eigenvalue weighted by molar-refractivity contribution is 7.92. The first kappa shape index (κ1) is 20.5. The Bertz CT molecular complexity index is 925. The van der Waals surface area contributed by atoms with E-state index in [1.165, 1.54) is 31.4 Å². The van der Waals surface area contributed by atoms with Crippen LogP contribution in [0.4, 0.5) is 5.69 Å². The smallest absolute Gasteiger partial charge is 0.264 e. The molecule has 3 rings (SSSR count). The van der Waals surface area contributed by atoms with Crippen LogP contribution in [0, 0.1) is 0 Å². The number of nitrogens with zero attached hydrogens (tertiary/aromatic N) is 2. The van der Waals surface area contributed by atoms with Gasteiger partial charge in [0, 0.05) is 18.1 Å². The summed E-state index contributed by atoms with van der Waals surface area (Å²) in [4.78, 5) is 14.7. The summed E-state index contributed by atoms with van der Waals surface area (Å²) in [5, 5.41) is 0.437. The summed E-state index contributed by atoms with van der Waals surface area (Å²) >= 11 is 5.90. The Morgan fingerprint density at radius 3 is 2.36 bits per heavy atom. The number of hydrogen-bond donors (Lipinski definition) is 0. The van der Waals surface area contributed by atoms with Gasteiger partial charge in [0.15, 0.2) is 0 Å². The molecule has 1 aliphatic rings. The lowest BCUT2D eigenvalue weighted by atomic mass is 10.1. The molecule has 0 bridgehead atoms. The van der Waals surface area contributed by atoms with Gasteiger partial charge in [-0.2, -0.15) is 0 Å². The molecule has 150 valence electrons. The molecule has 0 atom stereocenters. The van der Waals surface area contributed by atoms with Crippen molar-refractivity contribution in [1.82, 2.24) is 4.90 Å². The van der Waals surface area contributed by atoms with Gasteiger partial charge >= 0.3 is 0 Å². The van der Waals surface area contributed by atoms with Crippen molar-refractivity contribution in [3.8, 4) is 5.75 Å². The normalized spacial score (nSPS) is 14.6. The molecule has 6 nitrogen and oxygen atoms in total. The van der Waals surface area contributed by atoms with Gasteiger partial charge in [-0.1, -0.05) is 23.7 Å². The van der Waals surface area contributed by atoms with E-state index in [2.05, 4.69) is 0 Å². The number of carbonyl (C=O) groups is 1. The van der Waals surface area contributed by atoms with Crippen LogP contribution in [0.5, 0.6) is 5.75 Å². The molecule has 0 radical (unpaired) electrons. The standard InChI is InChI=1S/C20H23ClN2O4S/c1-27-19-8-4-3-7-18(19)23(15-20(24)22-13-5-2-6-14-22)28(25,26)17-11-9-16(21)10-12-17/h3-4,7-12H,2,5-6,13-15H2,1H3. The Hall–Kier alpha value is -2.25. The quantitative estimate of drug-likeness (QED) is 0.713. The van der Waals surface area contributed by atoms with E-state index in [0.29, 0.717) is 29.5 Å². The number of piperidine rings is 1. The number of amides is 1. The van der Waals surface area contributed by atoms with Crippen LogP contribution in [0.15, 0.2) is 53.4 Å². The van der Waals surface area contributed by atoms with Gasteiger partial charge in [0.05, 0.1) is 17.7 Å². The number of anilines is 1. The van der Waals surface area contributed by atoms with Crippen molar-refractivity contribution in [3.05, 3.63) is 53.6 Å². The fraction of sp³-hybridized carbons (Fsp3) is 0.350. The molecule has 1 saturated heterocycles. The summed E-state index contributed by atoms with van der Waals surface area (Å²) in [5.41, 5.74) is 0.324. The zero-order valence-electron chi connectivity index (χ0n) is 15.7. The van der Waals surface area contributed by atoms with Crippen molar-refractivity contribution in [3.63, 3.8) is 0 Å². The Kier molecular flexibility index (Phi) is 6.46. The van der Waals surface area contributed by atoms with E-state index in [-0.39, 0.29) is 17.3 Å². The SMILES string of the molecule is COc1ccccc1N(CC(=O)N1CCCCC1)S(=O)(=O)c1ccc(Cl)cc1. The molecule has 0 unspecified atom stereocenters. The second-order valence-electron chi connectivity index (χ2n) is 6.58. The largest absolute Gasteiger partial charge is 0.495 e. The maximum Gasteiger partial charge on any atom is 0.264 e. The number of sulfonamides is 1. The Balaban J connectivity index is 2.01. The molecule has 1 fully saturated rings. The summed E-state index contributed by atoms with van der Waals surface area (Å²) < 4.78 is 33.2. The molecule has 0 saturated carbocycles. The molecular weight excluding hydrogens is 400 g/mol. The van der Waals surface area contributed by atoms with Gasteiger partial charge in [-0.3, -0.25) is 9.10 Å². The lowest BCUT2D eigenvalue weighted by molar-refractivity contribution is -0.130. The first-order valence-corrected chi connectivity index (χ1v) is 10.9. The molecule has 28 heavy (non-hydrogen) atoms. The molecule has 1 aliphatic heterocycles. The average Bonchev–Trinajstić information content (AvgIpc) is 2.72. The molecule has 8 heteroatoms. The van der Waals surface area contributed by atoms with Crippen LogP contribution in [-0.2, 0) is 14.8 Å². The molecule has 0 spiro atoms. The number of rotatable bonds is 6. The fourth-order valence-corrected chi connectivity index (χ4v) is 4.79. The maximum atomic E-state index is 13.4. The first-order chi connectivity index (χ1) is 13.4. The van der Waals surface area contributed by atoms with Crippen LogP contribution in [0.25, 0.3) is 0 Å². The first-order valence-electron chi connectivity index (χ1n) is 9.12. The van der Waals surface area contributed by atoms with E-state index in [1.807, 2.05) is 0 Å². The lowest BCUT2D eigenvalue weighted by Gasteiger charge is -2.31. The third-order valence-corrected chi connectivity index (χ3v) is 6.77. The van der Waals surface area contributed by atoms with Crippen LogP contribution < -0.4 is 9.04 Å². The third-order valence-electron chi connectivity index (χ3n) is 4.74. The number of hydrogen-bond acceptors (Lipinski definition) is 4. The maximum absolute atomic E-state index is 13.4. The Labute approximate surface area is 170 Å². The number of carbonyl (C=O) groups excluding carboxylic acids is 1. The van der Waals surface area contributed by atoms with Crippen molar-refractivity contribution >= 4 is 33.2 Å². The zero-order chi connectivity index (χ0) is 20.1. The molecule has 0 aromatic heterocycles. The van der Waals surface area contributed by atoms with Crippen molar-refractivity contribution in [1.29, 1.82) is 0 Å². The molecule has 2 aromatic rings. The minimum absolute atomic E-state index is 0.0641. The highest BCUT2D eigenvalue weighted by atomic mass is 35.5. The summed E-state index contributed by atoms with van der Waals surface area (Å²) in [6.07, 6.45) is 2.96. The predicted molar refractivity (Wildman–Crippen MR) is 109 cm³/mol. The van der Waals surface area contributed by atoms with Crippen molar-refractivity contribution < 1.29 is 17.9 Å². The topological polar surface area (TPSA) is 66.9 Å². The van der Waals surface area contributed by atoms with Crippen LogP contribution in [0.3, 0.4) is 0 Å². The average molecular weight is 423 g/mol. The molecule has 0 aliphatic carbocycles. The summed E-state index contributed by atoms with van der Waals surface area (Å²) in [5.74, 6) is 0.162. The number of likely N-dealkylation sites (tertiary alicyclic amines) is 1. The van der Waals surface area contributed by atoms with Gasteiger partial charge in [0.1, 0.15) is 12.3 Å². The van der Waals surface area contributed by atoms with Crippen molar-refractivity contribution in [2.75, 3.05) is 31.0 Å². The van der Waals surface area contributed by atoms with Gasteiger partial charge in [0.25, 0.3) is 10.0 Å². The van der Waals surface area contributed by atoms with Gasteiger partial charge in [-0.15, -0.1) is 0 Å². The number of benzene rings is 2. The molecular formula is C20H23ClN2O4S. The van der Waals surface area contributed by atoms with Gasteiger partial charge in [0.2, 0.25) is 5.91 Å². The molecule has 1 heterocycles. The Morgan fingerprint density at radius 1 is 1.07 bits per heavy atom. The monoisotopic (exact) mass is 422 g/mol. The highest BCUT2D eigenvalue weighted by Gasteiger charge is 2.31. The number of para-hydroxylation sites is 2. The van der Waals surface area contributed by atoms with Gasteiger partial charge < -0.3 is 9.64 Å².